The third-order valence-corrected chi connectivity index (χ3v) is 5.97. The van der Waals surface area contributed by atoms with Gasteiger partial charge in [0.2, 0.25) is 5.91 Å². The molecule has 0 unspecified atom stereocenters. The molecule has 2 heterocycles. The van der Waals surface area contributed by atoms with Gasteiger partial charge in [-0.3, -0.25) is 14.3 Å². The first-order valence-electron chi connectivity index (χ1n) is 11.2. The van der Waals surface area contributed by atoms with Gasteiger partial charge in [-0.15, -0.1) is 0 Å². The van der Waals surface area contributed by atoms with Crippen molar-refractivity contribution in [3.8, 4) is 11.3 Å². The summed E-state index contributed by atoms with van der Waals surface area (Å²) in [6, 6.07) is 16.6. The van der Waals surface area contributed by atoms with Gasteiger partial charge in [0.25, 0.3) is 5.91 Å². The Labute approximate surface area is 189 Å². The number of piperidine rings is 1. The van der Waals surface area contributed by atoms with Crippen LogP contribution >= 0.6 is 0 Å². The summed E-state index contributed by atoms with van der Waals surface area (Å²) in [7, 11) is 0. The first-order valence-corrected chi connectivity index (χ1v) is 11.2. The summed E-state index contributed by atoms with van der Waals surface area (Å²) in [4.78, 5) is 26.7. The molecule has 1 saturated heterocycles. The molecule has 2 aromatic carbocycles. The number of carbonyl (C=O) groups is 2. The molecule has 0 atom stereocenters. The molecule has 166 valence electrons. The maximum absolute atomic E-state index is 13.5. The molecule has 2 amide bonds. The molecule has 1 aliphatic rings. The zero-order valence-electron chi connectivity index (χ0n) is 19.0. The Hall–Kier alpha value is -3.41. The second-order valence-corrected chi connectivity index (χ2v) is 8.71. The van der Waals surface area contributed by atoms with Crippen LogP contribution in [0.15, 0.2) is 54.7 Å². The van der Waals surface area contributed by atoms with Crippen molar-refractivity contribution in [1.82, 2.24) is 20.0 Å². The standard InChI is InChI=1S/C26H30N4O2/c1-18-4-8-21(9-5-18)16-30-17-24(25(28-30)22-10-6-19(2)7-11-22)26(32)29-14-12-23(13-15-29)27-20(3)31/h4-11,17,23H,12-16H2,1-3H3,(H,27,31). The van der Waals surface area contributed by atoms with Gasteiger partial charge in [0.15, 0.2) is 0 Å². The number of benzene rings is 2. The Morgan fingerprint density at radius 2 is 1.56 bits per heavy atom. The Balaban J connectivity index is 1.59. The predicted molar refractivity (Wildman–Crippen MR) is 125 cm³/mol. The topological polar surface area (TPSA) is 67.2 Å². The van der Waals surface area contributed by atoms with Gasteiger partial charge in [-0.25, -0.2) is 0 Å². The molecular weight excluding hydrogens is 400 g/mol. The van der Waals surface area contributed by atoms with Gasteiger partial charge in [0.05, 0.1) is 12.1 Å². The van der Waals surface area contributed by atoms with E-state index in [0.717, 1.165) is 24.0 Å². The summed E-state index contributed by atoms with van der Waals surface area (Å²) >= 11 is 0. The average molecular weight is 431 g/mol. The molecule has 0 saturated carbocycles. The van der Waals surface area contributed by atoms with E-state index < -0.39 is 0 Å². The SMILES string of the molecule is CC(=O)NC1CCN(C(=O)c2cn(Cc3ccc(C)cc3)nc2-c2ccc(C)cc2)CC1. The van der Waals surface area contributed by atoms with Crippen molar-refractivity contribution in [2.45, 2.75) is 46.2 Å². The molecule has 3 aromatic rings. The summed E-state index contributed by atoms with van der Waals surface area (Å²) < 4.78 is 1.86. The first-order chi connectivity index (χ1) is 15.4. The minimum absolute atomic E-state index is 0.00277. The molecule has 6 nitrogen and oxygen atoms in total. The van der Waals surface area contributed by atoms with Gasteiger partial charge < -0.3 is 10.2 Å². The lowest BCUT2D eigenvalue weighted by Crippen LogP contribution is -2.46. The Kier molecular flexibility index (Phi) is 6.40. The molecule has 1 fully saturated rings. The third kappa shape index (κ3) is 5.07. The molecule has 4 rings (SSSR count). The van der Waals surface area contributed by atoms with Crippen molar-refractivity contribution in [3.05, 3.63) is 77.0 Å². The average Bonchev–Trinajstić information content (AvgIpc) is 3.19. The Morgan fingerprint density at radius 3 is 2.16 bits per heavy atom. The Morgan fingerprint density at radius 1 is 0.969 bits per heavy atom. The summed E-state index contributed by atoms with van der Waals surface area (Å²) in [5.41, 5.74) is 5.80. The van der Waals surface area contributed by atoms with E-state index in [1.807, 2.05) is 47.0 Å². The number of rotatable bonds is 5. The van der Waals surface area contributed by atoms with Crippen molar-refractivity contribution in [2.75, 3.05) is 13.1 Å². The summed E-state index contributed by atoms with van der Waals surface area (Å²) in [6.07, 6.45) is 3.41. The van der Waals surface area contributed by atoms with Crippen LogP contribution in [0.5, 0.6) is 0 Å². The van der Waals surface area contributed by atoms with Crippen molar-refractivity contribution < 1.29 is 9.59 Å². The smallest absolute Gasteiger partial charge is 0.257 e. The highest BCUT2D eigenvalue weighted by molar-refractivity contribution is 5.99. The number of hydrogen-bond acceptors (Lipinski definition) is 3. The number of hydrogen-bond donors (Lipinski definition) is 1. The molecule has 0 bridgehead atoms. The maximum Gasteiger partial charge on any atom is 0.257 e. The van der Waals surface area contributed by atoms with Crippen molar-refractivity contribution in [2.24, 2.45) is 0 Å². The monoisotopic (exact) mass is 430 g/mol. The van der Waals surface area contributed by atoms with Gasteiger partial charge in [0.1, 0.15) is 5.69 Å². The zero-order valence-corrected chi connectivity index (χ0v) is 19.0. The Bertz CT molecular complexity index is 1090. The van der Waals surface area contributed by atoms with Crippen LogP contribution in [0.3, 0.4) is 0 Å². The second kappa shape index (κ2) is 9.39. The highest BCUT2D eigenvalue weighted by Gasteiger charge is 2.27. The van der Waals surface area contributed by atoms with Crippen LogP contribution in [0.25, 0.3) is 11.3 Å². The minimum Gasteiger partial charge on any atom is -0.353 e. The number of nitrogens with one attached hydrogen (secondary N) is 1. The molecule has 32 heavy (non-hydrogen) atoms. The van der Waals surface area contributed by atoms with Crippen LogP contribution in [0.1, 0.15) is 46.8 Å². The van der Waals surface area contributed by atoms with E-state index in [0.29, 0.717) is 30.9 Å². The van der Waals surface area contributed by atoms with Crippen LogP contribution in [0.4, 0.5) is 0 Å². The van der Waals surface area contributed by atoms with E-state index >= 15 is 0 Å². The summed E-state index contributed by atoms with van der Waals surface area (Å²) in [5.74, 6) is -0.0224. The molecule has 0 spiro atoms. The lowest BCUT2D eigenvalue weighted by Gasteiger charge is -2.32. The van der Waals surface area contributed by atoms with E-state index in [2.05, 4.69) is 36.5 Å². The number of carbonyl (C=O) groups excluding carboxylic acids is 2. The molecule has 6 heteroatoms. The zero-order chi connectivity index (χ0) is 22.7. The number of nitrogens with zero attached hydrogens (tertiary/aromatic N) is 3. The number of aromatic nitrogens is 2. The minimum atomic E-state index is -0.0196. The lowest BCUT2D eigenvalue weighted by molar-refractivity contribution is -0.119. The molecular formula is C26H30N4O2. The molecule has 1 aromatic heterocycles. The third-order valence-electron chi connectivity index (χ3n) is 5.97. The van der Waals surface area contributed by atoms with Gasteiger partial charge >= 0.3 is 0 Å². The molecule has 1 aliphatic heterocycles. The van der Waals surface area contributed by atoms with E-state index in [4.69, 9.17) is 5.10 Å². The predicted octanol–water partition coefficient (Wildman–Crippen LogP) is 3.96. The quantitative estimate of drug-likeness (QED) is 0.666. The largest absolute Gasteiger partial charge is 0.353 e. The fourth-order valence-electron chi connectivity index (χ4n) is 4.15. The number of amides is 2. The summed E-state index contributed by atoms with van der Waals surface area (Å²) in [5, 5.41) is 7.78. The van der Waals surface area contributed by atoms with Crippen LogP contribution in [-0.2, 0) is 11.3 Å². The van der Waals surface area contributed by atoms with Gasteiger partial charge in [0, 0.05) is 37.8 Å². The van der Waals surface area contributed by atoms with Gasteiger partial charge in [-0.1, -0.05) is 59.7 Å². The highest BCUT2D eigenvalue weighted by atomic mass is 16.2. The van der Waals surface area contributed by atoms with E-state index in [-0.39, 0.29) is 17.9 Å². The highest BCUT2D eigenvalue weighted by Crippen LogP contribution is 2.25. The molecule has 0 aliphatic carbocycles. The van der Waals surface area contributed by atoms with Crippen LogP contribution in [0.2, 0.25) is 0 Å². The van der Waals surface area contributed by atoms with Crippen molar-refractivity contribution >= 4 is 11.8 Å². The molecule has 1 N–H and O–H groups in total. The van der Waals surface area contributed by atoms with E-state index in [1.165, 1.54) is 18.1 Å². The molecule has 0 radical (unpaired) electrons. The fraction of sp³-hybridized carbons (Fsp3) is 0.346. The second-order valence-electron chi connectivity index (χ2n) is 8.71. The first kappa shape index (κ1) is 21.8. The van der Waals surface area contributed by atoms with Crippen molar-refractivity contribution in [3.63, 3.8) is 0 Å². The van der Waals surface area contributed by atoms with E-state index in [1.54, 1.807) is 0 Å². The van der Waals surface area contributed by atoms with E-state index in [9.17, 15) is 9.59 Å². The fourth-order valence-corrected chi connectivity index (χ4v) is 4.15. The number of likely N-dealkylation sites (tertiary alicyclic amines) is 1. The summed E-state index contributed by atoms with van der Waals surface area (Å²) in [6.45, 7) is 7.51. The lowest BCUT2D eigenvalue weighted by atomic mass is 10.0. The van der Waals surface area contributed by atoms with Crippen LogP contribution < -0.4 is 5.32 Å². The van der Waals surface area contributed by atoms with Gasteiger partial charge in [-0.2, -0.15) is 5.10 Å². The van der Waals surface area contributed by atoms with Crippen LogP contribution in [0, 0.1) is 13.8 Å². The van der Waals surface area contributed by atoms with Crippen molar-refractivity contribution in [1.29, 1.82) is 0 Å². The normalized spacial score (nSPS) is 14.4. The number of aryl methyl sites for hydroxylation is 2. The maximum atomic E-state index is 13.5. The van der Waals surface area contributed by atoms with Crippen LogP contribution in [-0.4, -0.2) is 45.6 Å². The van der Waals surface area contributed by atoms with Gasteiger partial charge in [-0.05, 0) is 32.3 Å².